The molecule has 0 aliphatic heterocycles. The lowest BCUT2D eigenvalue weighted by Gasteiger charge is -2.22. The van der Waals surface area contributed by atoms with Gasteiger partial charge in [-0.2, -0.15) is 0 Å². The van der Waals surface area contributed by atoms with E-state index in [4.69, 9.17) is 33.2 Å². The number of carbonyl (C=O) groups excluding carboxylic acids is 1. The molecule has 0 radical (unpaired) electrons. The van der Waals surface area contributed by atoms with Crippen LogP contribution in [0.3, 0.4) is 0 Å². The smallest absolute Gasteiger partial charge is 0.323 e. The number of nitrogens with one attached hydrogen (secondary N) is 1. The number of ether oxygens (including phenoxy) is 7. The monoisotopic (exact) mass is 679 g/mol. The normalized spacial score (nSPS) is 12.2. The van der Waals surface area contributed by atoms with Crippen molar-refractivity contribution in [3.63, 3.8) is 0 Å². The van der Waals surface area contributed by atoms with Crippen LogP contribution in [0.2, 0.25) is 0 Å². The first-order chi connectivity index (χ1) is 23.0. The van der Waals surface area contributed by atoms with E-state index in [1.807, 2.05) is 0 Å². The lowest BCUT2D eigenvalue weighted by molar-refractivity contribution is -0.151. The standard InChI is InChI=1S/C35H70N2O10/c1-4-7-10-11-12-13-19-41-20-21-42-22-23-43-24-25-44-26-27-45-28-29-46-30-31-47-35(40)33(32-34(38)39)36-15-14-18-37(16-8-5-2)17-9-6-3/h33,36H,4-32H2,1-3H3,(H,38,39). The zero-order chi connectivity index (χ0) is 34.5. The predicted octanol–water partition coefficient (Wildman–Crippen LogP) is 4.71. The third-order valence-corrected chi connectivity index (χ3v) is 7.34. The molecule has 0 saturated heterocycles. The molecule has 0 aromatic carbocycles. The largest absolute Gasteiger partial charge is 0.481 e. The average molecular weight is 679 g/mol. The number of carbonyl (C=O) groups is 2. The molecule has 0 amide bonds. The van der Waals surface area contributed by atoms with Crippen LogP contribution in [0.4, 0.5) is 0 Å². The van der Waals surface area contributed by atoms with Crippen LogP contribution in [-0.2, 0) is 42.7 Å². The highest BCUT2D eigenvalue weighted by molar-refractivity contribution is 5.81. The van der Waals surface area contributed by atoms with Crippen molar-refractivity contribution < 1.29 is 47.9 Å². The fourth-order valence-corrected chi connectivity index (χ4v) is 4.58. The molecular weight excluding hydrogens is 608 g/mol. The van der Waals surface area contributed by atoms with E-state index in [-0.39, 0.29) is 19.6 Å². The number of carboxylic acid groups (broad SMARTS) is 1. The van der Waals surface area contributed by atoms with E-state index < -0.39 is 18.0 Å². The summed E-state index contributed by atoms with van der Waals surface area (Å²) >= 11 is 0. The maximum atomic E-state index is 12.4. The number of hydrogen-bond acceptors (Lipinski definition) is 11. The summed E-state index contributed by atoms with van der Waals surface area (Å²) in [6.45, 7) is 16.2. The van der Waals surface area contributed by atoms with Crippen molar-refractivity contribution in [2.24, 2.45) is 0 Å². The van der Waals surface area contributed by atoms with E-state index >= 15 is 0 Å². The third kappa shape index (κ3) is 34.3. The second-order valence-corrected chi connectivity index (χ2v) is 11.6. The minimum absolute atomic E-state index is 0.0552. The zero-order valence-corrected chi connectivity index (χ0v) is 30.2. The summed E-state index contributed by atoms with van der Waals surface area (Å²) in [5, 5.41) is 12.3. The van der Waals surface area contributed by atoms with E-state index in [2.05, 4.69) is 31.0 Å². The first-order valence-corrected chi connectivity index (χ1v) is 18.4. The molecule has 0 rings (SSSR count). The van der Waals surface area contributed by atoms with E-state index in [9.17, 15) is 14.7 Å². The Balaban J connectivity index is 3.61. The molecule has 12 heteroatoms. The Morgan fingerprint density at radius 2 is 0.936 bits per heavy atom. The maximum absolute atomic E-state index is 12.4. The second-order valence-electron chi connectivity index (χ2n) is 11.6. The van der Waals surface area contributed by atoms with Gasteiger partial charge < -0.3 is 48.5 Å². The Bertz CT molecular complexity index is 666. The summed E-state index contributed by atoms with van der Waals surface area (Å²) in [4.78, 5) is 26.2. The first-order valence-electron chi connectivity index (χ1n) is 18.4. The molecule has 0 aromatic rings. The molecule has 12 nitrogen and oxygen atoms in total. The SMILES string of the molecule is CCCCCCCCOCCOCCOCCOCCOCCOCCOC(=O)C(CC(=O)O)NCCCN(CCCC)CCCC. The second kappa shape index (κ2) is 37.4. The highest BCUT2D eigenvalue weighted by Gasteiger charge is 2.22. The van der Waals surface area contributed by atoms with Gasteiger partial charge in [0.25, 0.3) is 0 Å². The van der Waals surface area contributed by atoms with Gasteiger partial charge in [-0.25, -0.2) is 0 Å². The van der Waals surface area contributed by atoms with Crippen molar-refractivity contribution in [2.75, 3.05) is 112 Å². The highest BCUT2D eigenvalue weighted by Crippen LogP contribution is 2.05. The van der Waals surface area contributed by atoms with Crippen molar-refractivity contribution in [1.29, 1.82) is 0 Å². The Kier molecular flexibility index (Phi) is 36.3. The Hall–Kier alpha value is -1.38. The highest BCUT2D eigenvalue weighted by atomic mass is 16.6. The van der Waals surface area contributed by atoms with Gasteiger partial charge in [-0.05, 0) is 51.9 Å². The van der Waals surface area contributed by atoms with Crippen LogP contribution in [0.1, 0.15) is 97.8 Å². The van der Waals surface area contributed by atoms with Crippen molar-refractivity contribution in [2.45, 2.75) is 104 Å². The molecule has 280 valence electrons. The number of hydrogen-bond donors (Lipinski definition) is 2. The quantitative estimate of drug-likeness (QED) is 0.0689. The van der Waals surface area contributed by atoms with Crippen LogP contribution in [0.15, 0.2) is 0 Å². The zero-order valence-electron chi connectivity index (χ0n) is 30.2. The number of aliphatic carboxylic acids is 1. The van der Waals surface area contributed by atoms with Gasteiger partial charge in [0, 0.05) is 6.61 Å². The number of nitrogens with zero attached hydrogens (tertiary/aromatic N) is 1. The van der Waals surface area contributed by atoms with Crippen LogP contribution < -0.4 is 5.32 Å². The topological polar surface area (TPSA) is 134 Å². The minimum Gasteiger partial charge on any atom is -0.481 e. The molecule has 0 saturated carbocycles. The van der Waals surface area contributed by atoms with Crippen molar-refractivity contribution in [3.05, 3.63) is 0 Å². The molecule has 0 heterocycles. The molecule has 2 N–H and O–H groups in total. The fourth-order valence-electron chi connectivity index (χ4n) is 4.58. The van der Waals surface area contributed by atoms with Gasteiger partial charge in [0.05, 0.1) is 79.1 Å². The Morgan fingerprint density at radius 1 is 0.532 bits per heavy atom. The first kappa shape index (κ1) is 45.6. The van der Waals surface area contributed by atoms with Crippen molar-refractivity contribution in [3.8, 4) is 0 Å². The summed E-state index contributed by atoms with van der Waals surface area (Å²) in [7, 11) is 0. The summed E-state index contributed by atoms with van der Waals surface area (Å²) in [6, 6.07) is -0.876. The Labute approximate surface area is 285 Å². The average Bonchev–Trinajstić information content (AvgIpc) is 3.06. The van der Waals surface area contributed by atoms with Gasteiger partial charge >= 0.3 is 11.9 Å². The van der Waals surface area contributed by atoms with Gasteiger partial charge in [-0.15, -0.1) is 0 Å². The lowest BCUT2D eigenvalue weighted by Crippen LogP contribution is -2.41. The summed E-state index contributed by atoms with van der Waals surface area (Å²) < 4.78 is 38.2. The van der Waals surface area contributed by atoms with E-state index in [1.165, 1.54) is 32.1 Å². The Morgan fingerprint density at radius 3 is 1.40 bits per heavy atom. The van der Waals surface area contributed by atoms with Crippen LogP contribution in [-0.4, -0.2) is 140 Å². The van der Waals surface area contributed by atoms with Crippen LogP contribution in [0.5, 0.6) is 0 Å². The number of esters is 1. The molecule has 47 heavy (non-hydrogen) atoms. The molecule has 0 fully saturated rings. The van der Waals surface area contributed by atoms with Crippen molar-refractivity contribution >= 4 is 11.9 Å². The van der Waals surface area contributed by atoms with Crippen LogP contribution in [0.25, 0.3) is 0 Å². The third-order valence-electron chi connectivity index (χ3n) is 7.34. The maximum Gasteiger partial charge on any atom is 0.323 e. The van der Waals surface area contributed by atoms with E-state index in [0.717, 1.165) is 64.8 Å². The summed E-state index contributed by atoms with van der Waals surface area (Å²) in [5.41, 5.74) is 0. The van der Waals surface area contributed by atoms with Gasteiger partial charge in [-0.1, -0.05) is 65.7 Å². The van der Waals surface area contributed by atoms with E-state index in [0.29, 0.717) is 72.6 Å². The molecule has 0 aromatic heterocycles. The molecule has 0 bridgehead atoms. The number of rotatable bonds is 39. The van der Waals surface area contributed by atoms with Crippen LogP contribution in [0, 0.1) is 0 Å². The van der Waals surface area contributed by atoms with E-state index in [1.54, 1.807) is 0 Å². The van der Waals surface area contributed by atoms with Gasteiger partial charge in [-0.3, -0.25) is 9.59 Å². The fraction of sp³-hybridized carbons (Fsp3) is 0.943. The summed E-state index contributed by atoms with van der Waals surface area (Å²) in [5.74, 6) is -1.62. The summed E-state index contributed by atoms with van der Waals surface area (Å²) in [6.07, 6.45) is 12.8. The van der Waals surface area contributed by atoms with Gasteiger partial charge in [0.1, 0.15) is 12.6 Å². The van der Waals surface area contributed by atoms with Crippen LogP contribution >= 0.6 is 0 Å². The number of carboxylic acids is 1. The molecular formula is C35H70N2O10. The van der Waals surface area contributed by atoms with Gasteiger partial charge in [0.15, 0.2) is 0 Å². The lowest BCUT2D eigenvalue weighted by atomic mass is 10.1. The molecule has 1 atom stereocenters. The molecule has 0 aliphatic rings. The molecule has 1 unspecified atom stereocenters. The molecule has 0 spiro atoms. The minimum atomic E-state index is -1.04. The van der Waals surface area contributed by atoms with Crippen molar-refractivity contribution in [1.82, 2.24) is 10.2 Å². The van der Waals surface area contributed by atoms with Gasteiger partial charge in [0.2, 0.25) is 0 Å². The number of unbranched alkanes of at least 4 members (excludes halogenated alkanes) is 7. The molecule has 0 aliphatic carbocycles. The predicted molar refractivity (Wildman–Crippen MR) is 184 cm³/mol.